The average Bonchev–Trinajstić information content (AvgIpc) is 2.49. The molecule has 6 nitrogen and oxygen atoms in total. The van der Waals surface area contributed by atoms with Gasteiger partial charge in [-0.1, -0.05) is 13.8 Å². The minimum atomic E-state index is -0.890. The van der Waals surface area contributed by atoms with Gasteiger partial charge >= 0.3 is 0 Å². The Morgan fingerprint density at radius 1 is 1.09 bits per heavy atom. The molecule has 0 heterocycles. The first-order valence-electron chi connectivity index (χ1n) is 7.53. The Labute approximate surface area is 131 Å². The second-order valence-electron chi connectivity index (χ2n) is 4.69. The van der Waals surface area contributed by atoms with Crippen LogP contribution in [0, 0.1) is 5.92 Å². The molecule has 22 heavy (non-hydrogen) atoms. The number of ether oxygens (including phenoxy) is 1. The summed E-state index contributed by atoms with van der Waals surface area (Å²) < 4.78 is 5.39. The molecule has 1 saturated carbocycles. The van der Waals surface area contributed by atoms with E-state index in [1.54, 1.807) is 19.1 Å². The molecule has 1 aromatic rings. The van der Waals surface area contributed by atoms with Gasteiger partial charge in [0.25, 0.3) is 0 Å². The summed E-state index contributed by atoms with van der Waals surface area (Å²) in [5.74, 6) is 0.000899. The van der Waals surface area contributed by atoms with Crippen molar-refractivity contribution in [3.05, 3.63) is 24.3 Å². The monoisotopic (exact) mass is 316 g/mol. The van der Waals surface area contributed by atoms with Crippen molar-refractivity contribution in [2.75, 3.05) is 6.61 Å². The first-order valence-corrected chi connectivity index (χ1v) is 7.53. The summed E-state index contributed by atoms with van der Waals surface area (Å²) in [6.07, 6.45) is -3.29. The van der Waals surface area contributed by atoms with E-state index in [1.807, 2.05) is 13.8 Å². The fourth-order valence-corrected chi connectivity index (χ4v) is 2.09. The van der Waals surface area contributed by atoms with Crippen molar-refractivity contribution < 1.29 is 30.3 Å². The number of hydrogen-bond acceptors (Lipinski definition) is 6. The first kappa shape index (κ1) is 20.7. The van der Waals surface area contributed by atoms with Gasteiger partial charge in [0.1, 0.15) is 23.7 Å². The summed E-state index contributed by atoms with van der Waals surface area (Å²) in [6.45, 7) is 7.45. The maximum atomic E-state index is 9.73. The van der Waals surface area contributed by atoms with Crippen LogP contribution in [0.3, 0.4) is 0 Å². The summed E-state index contributed by atoms with van der Waals surface area (Å²) in [6, 6.07) is 6.01. The van der Waals surface area contributed by atoms with Crippen LogP contribution in [-0.4, -0.2) is 56.6 Å². The van der Waals surface area contributed by atoms with Gasteiger partial charge in [-0.2, -0.15) is 0 Å². The van der Waals surface area contributed by atoms with Gasteiger partial charge in [-0.15, -0.1) is 0 Å². The van der Waals surface area contributed by atoms with Crippen molar-refractivity contribution >= 4 is 0 Å². The molecular formula is C16H28O6. The SMILES string of the molecule is CC.CC(O)C1C(O)C(Oc2ccc(O)cc2)C1O.CCO. The quantitative estimate of drug-likeness (QED) is 0.566. The lowest BCUT2D eigenvalue weighted by atomic mass is 9.73. The van der Waals surface area contributed by atoms with Crippen molar-refractivity contribution in [2.45, 2.75) is 52.1 Å². The molecular weight excluding hydrogens is 288 g/mol. The molecule has 1 fully saturated rings. The highest BCUT2D eigenvalue weighted by Gasteiger charge is 2.53. The molecule has 3 atom stereocenters. The molecule has 128 valence electrons. The third-order valence-electron chi connectivity index (χ3n) is 3.13. The number of hydrogen-bond donors (Lipinski definition) is 5. The number of aromatic hydroxyl groups is 1. The number of aliphatic hydroxyl groups is 4. The molecule has 0 amide bonds. The van der Waals surface area contributed by atoms with Crippen LogP contribution >= 0.6 is 0 Å². The zero-order chi connectivity index (χ0) is 17.3. The lowest BCUT2D eigenvalue weighted by Crippen LogP contribution is -2.65. The molecule has 0 aromatic heterocycles. The molecule has 0 aliphatic heterocycles. The molecule has 0 radical (unpaired) electrons. The Morgan fingerprint density at radius 2 is 1.50 bits per heavy atom. The highest BCUT2D eigenvalue weighted by molar-refractivity contribution is 5.30. The zero-order valence-electron chi connectivity index (χ0n) is 13.5. The van der Waals surface area contributed by atoms with Crippen LogP contribution in [0.15, 0.2) is 24.3 Å². The van der Waals surface area contributed by atoms with Crippen molar-refractivity contribution in [1.29, 1.82) is 0 Å². The molecule has 1 aliphatic rings. The van der Waals surface area contributed by atoms with Gasteiger partial charge in [-0.05, 0) is 38.1 Å². The number of aliphatic hydroxyl groups excluding tert-OH is 4. The highest BCUT2D eigenvalue weighted by Crippen LogP contribution is 2.35. The largest absolute Gasteiger partial charge is 0.508 e. The van der Waals surface area contributed by atoms with E-state index < -0.39 is 30.3 Å². The number of phenols is 1. The highest BCUT2D eigenvalue weighted by atomic mass is 16.5. The van der Waals surface area contributed by atoms with Crippen molar-refractivity contribution in [2.24, 2.45) is 5.92 Å². The van der Waals surface area contributed by atoms with Gasteiger partial charge in [-0.3, -0.25) is 0 Å². The van der Waals surface area contributed by atoms with E-state index in [4.69, 9.17) is 14.9 Å². The fraction of sp³-hybridized carbons (Fsp3) is 0.625. The summed E-state index contributed by atoms with van der Waals surface area (Å²) in [4.78, 5) is 0. The Morgan fingerprint density at radius 3 is 1.86 bits per heavy atom. The molecule has 5 N–H and O–H groups in total. The zero-order valence-corrected chi connectivity index (χ0v) is 13.5. The Balaban J connectivity index is 0.000000789. The fourth-order valence-electron chi connectivity index (χ4n) is 2.09. The lowest BCUT2D eigenvalue weighted by molar-refractivity contribution is -0.207. The molecule has 0 saturated heterocycles. The Bertz CT molecular complexity index is 382. The van der Waals surface area contributed by atoms with Crippen LogP contribution in [0.1, 0.15) is 27.7 Å². The maximum Gasteiger partial charge on any atom is 0.151 e. The summed E-state index contributed by atoms with van der Waals surface area (Å²) in [5, 5.41) is 45.4. The van der Waals surface area contributed by atoms with Gasteiger partial charge in [-0.25, -0.2) is 0 Å². The van der Waals surface area contributed by atoms with Crippen LogP contribution < -0.4 is 4.74 Å². The van der Waals surface area contributed by atoms with E-state index in [0.29, 0.717) is 5.75 Å². The van der Waals surface area contributed by atoms with Crippen LogP contribution in [0.2, 0.25) is 0 Å². The normalized spacial score (nSPS) is 27.3. The van der Waals surface area contributed by atoms with Gasteiger partial charge in [0.2, 0.25) is 0 Å². The van der Waals surface area contributed by atoms with E-state index in [1.165, 1.54) is 19.1 Å². The molecule has 2 rings (SSSR count). The first-order chi connectivity index (χ1) is 10.4. The predicted octanol–water partition coefficient (Wildman–Crippen LogP) is 0.897. The van der Waals surface area contributed by atoms with Crippen LogP contribution in [0.5, 0.6) is 11.5 Å². The standard InChI is InChI=1S/C12H16O5.C2H6O.C2H6/c1-6(13)9-10(15)12(11(9)16)17-8-4-2-7(14)3-5-8;1-2-3;1-2/h2-6,9-16H,1H3;3H,2H2,1H3;1-2H3. The van der Waals surface area contributed by atoms with Gasteiger partial charge in [0, 0.05) is 12.5 Å². The molecule has 6 heteroatoms. The van der Waals surface area contributed by atoms with Crippen molar-refractivity contribution in [1.82, 2.24) is 0 Å². The summed E-state index contributed by atoms with van der Waals surface area (Å²) >= 11 is 0. The Hall–Kier alpha value is -1.34. The van der Waals surface area contributed by atoms with Gasteiger partial charge in [0.15, 0.2) is 6.10 Å². The van der Waals surface area contributed by atoms with Gasteiger partial charge < -0.3 is 30.3 Å². The molecule has 3 unspecified atom stereocenters. The lowest BCUT2D eigenvalue weighted by Gasteiger charge is -2.47. The van der Waals surface area contributed by atoms with Gasteiger partial charge in [0.05, 0.1) is 6.10 Å². The van der Waals surface area contributed by atoms with Crippen LogP contribution in [0.4, 0.5) is 0 Å². The maximum absolute atomic E-state index is 9.73. The Kier molecular flexibility index (Phi) is 9.76. The smallest absolute Gasteiger partial charge is 0.151 e. The third-order valence-corrected chi connectivity index (χ3v) is 3.13. The van der Waals surface area contributed by atoms with E-state index in [2.05, 4.69) is 0 Å². The minimum absolute atomic E-state index is 0.119. The topological polar surface area (TPSA) is 110 Å². The molecule has 0 spiro atoms. The third kappa shape index (κ3) is 5.46. The second kappa shape index (κ2) is 10.4. The molecule has 0 bridgehead atoms. The number of rotatable bonds is 3. The second-order valence-corrected chi connectivity index (χ2v) is 4.69. The minimum Gasteiger partial charge on any atom is -0.508 e. The van der Waals surface area contributed by atoms with Crippen LogP contribution in [0.25, 0.3) is 0 Å². The molecule has 1 aromatic carbocycles. The predicted molar refractivity (Wildman–Crippen MR) is 83.8 cm³/mol. The number of benzene rings is 1. The van der Waals surface area contributed by atoms with Crippen molar-refractivity contribution in [3.63, 3.8) is 0 Å². The van der Waals surface area contributed by atoms with E-state index in [0.717, 1.165) is 0 Å². The van der Waals surface area contributed by atoms with E-state index in [9.17, 15) is 15.3 Å². The number of phenolic OH excluding ortho intramolecular Hbond substituents is 1. The van der Waals surface area contributed by atoms with Crippen molar-refractivity contribution in [3.8, 4) is 11.5 Å². The summed E-state index contributed by atoms with van der Waals surface area (Å²) in [7, 11) is 0. The summed E-state index contributed by atoms with van der Waals surface area (Å²) in [5.41, 5.74) is 0. The van der Waals surface area contributed by atoms with E-state index in [-0.39, 0.29) is 12.4 Å². The van der Waals surface area contributed by atoms with Crippen LogP contribution in [-0.2, 0) is 0 Å². The average molecular weight is 316 g/mol. The van der Waals surface area contributed by atoms with E-state index >= 15 is 0 Å². The molecule has 1 aliphatic carbocycles.